The van der Waals surface area contributed by atoms with Crippen molar-refractivity contribution in [1.82, 2.24) is 36.8 Å². The number of nitrogens with two attached hydrogens (primary N) is 3. The van der Waals surface area contributed by atoms with Gasteiger partial charge < -0.3 is 74.4 Å². The number of aliphatic carboxylic acids is 1. The topological polar surface area (TPSA) is 388 Å². The van der Waals surface area contributed by atoms with Crippen molar-refractivity contribution >= 4 is 65.0 Å². The second kappa shape index (κ2) is 28.1. The van der Waals surface area contributed by atoms with Crippen molar-refractivity contribution in [2.24, 2.45) is 23.1 Å². The van der Waals surface area contributed by atoms with E-state index in [1.54, 1.807) is 20.1 Å². The second-order valence-corrected chi connectivity index (χ2v) is 16.7. The molecule has 0 unspecified atom stereocenters. The lowest BCUT2D eigenvalue weighted by Crippen LogP contribution is -2.63. The molecule has 23 nitrogen and oxygen atoms in total. The number of aliphatic hydroxyl groups is 3. The van der Waals surface area contributed by atoms with Gasteiger partial charge in [0, 0.05) is 13.0 Å². The van der Waals surface area contributed by atoms with E-state index in [0.717, 1.165) is 4.90 Å². The molecule has 0 radical (unpaired) electrons. The highest BCUT2D eigenvalue weighted by atomic mass is 32.2. The third-order valence-corrected chi connectivity index (χ3v) is 10.6. The first-order valence-electron chi connectivity index (χ1n) is 20.6. The van der Waals surface area contributed by atoms with Crippen LogP contribution in [-0.2, 0) is 43.2 Å². The van der Waals surface area contributed by atoms with Crippen LogP contribution < -0.4 is 49.1 Å². The molecule has 0 saturated carbocycles. The van der Waals surface area contributed by atoms with E-state index < -0.39 is 120 Å². The number of primary amides is 1. The predicted octanol–water partition coefficient (Wildman–Crippen LogP) is -4.75. The van der Waals surface area contributed by atoms with Gasteiger partial charge in [0.2, 0.25) is 47.3 Å². The van der Waals surface area contributed by atoms with Gasteiger partial charge in [-0.3, -0.25) is 38.4 Å². The van der Waals surface area contributed by atoms with E-state index in [1.165, 1.54) is 25.6 Å². The van der Waals surface area contributed by atoms with Gasteiger partial charge in [0.15, 0.2) is 0 Å². The maximum absolute atomic E-state index is 13.8. The van der Waals surface area contributed by atoms with Gasteiger partial charge in [-0.2, -0.15) is 11.8 Å². The van der Waals surface area contributed by atoms with Crippen LogP contribution in [0.2, 0.25) is 0 Å². The highest BCUT2D eigenvalue weighted by Crippen LogP contribution is 2.20. The first-order chi connectivity index (χ1) is 29.1. The molecule has 0 aromatic rings. The summed E-state index contributed by atoms with van der Waals surface area (Å²) in [6.45, 7) is 5.53. The fourth-order valence-corrected chi connectivity index (χ4v) is 6.95. The monoisotopic (exact) mass is 904 g/mol. The van der Waals surface area contributed by atoms with Crippen molar-refractivity contribution < 1.29 is 63.6 Å². The van der Waals surface area contributed by atoms with E-state index in [0.29, 0.717) is 31.6 Å². The van der Waals surface area contributed by atoms with E-state index in [-0.39, 0.29) is 51.0 Å². The molecule has 8 amide bonds. The minimum Gasteiger partial charge on any atom is -0.480 e. The number of hydrogen-bond donors (Lipinski definition) is 13. The Morgan fingerprint density at radius 3 is 1.69 bits per heavy atom. The minimum absolute atomic E-state index is 0.0406. The van der Waals surface area contributed by atoms with Crippen LogP contribution in [-0.4, -0.2) is 171 Å². The summed E-state index contributed by atoms with van der Waals surface area (Å²) >= 11 is 1.35. The standard InChI is InChI=1S/C38H68N10O13S/c1-19(2)17-26(34(56)47-29(20(3)50)35(57)44-25(11-12-28(41)52)37(59)48-15-8-10-27(48)38(60)61)45-36(58)30(21(4)51)46-33(55)24(13-16-62-5)43-32(54)23(9-6-7-14-39)42-31(53)22(40)18-49/h19-27,29-30,49-51H,6-18,39-40H2,1-5H3,(H2,41,52)(H,42,53)(H,43,54)(H,44,57)(H,45,58)(H,46,55)(H,47,56)(H,60,61)/t20-,21-,22+,23+,24+,25+,26+,27+,29+,30+/m1/s1. The molecule has 0 spiro atoms. The normalized spacial score (nSPS) is 18.1. The molecular weight excluding hydrogens is 837 g/mol. The van der Waals surface area contributed by atoms with Crippen LogP contribution in [0.25, 0.3) is 0 Å². The average molecular weight is 905 g/mol. The molecule has 1 aliphatic rings. The highest BCUT2D eigenvalue weighted by Gasteiger charge is 2.40. The molecule has 24 heteroatoms. The molecule has 0 aliphatic carbocycles. The molecular formula is C38H68N10O13S. The van der Waals surface area contributed by atoms with Crippen LogP contribution in [0.4, 0.5) is 0 Å². The van der Waals surface area contributed by atoms with E-state index in [4.69, 9.17) is 17.2 Å². The molecule has 1 fully saturated rings. The van der Waals surface area contributed by atoms with Gasteiger partial charge in [-0.1, -0.05) is 13.8 Å². The first kappa shape index (κ1) is 55.4. The third kappa shape index (κ3) is 18.8. The number of likely N-dealkylation sites (tertiary alicyclic amines) is 1. The quantitative estimate of drug-likeness (QED) is 0.0314. The van der Waals surface area contributed by atoms with Gasteiger partial charge >= 0.3 is 5.97 Å². The van der Waals surface area contributed by atoms with Crippen molar-refractivity contribution in [1.29, 1.82) is 0 Å². The number of unbranched alkanes of at least 4 members (excludes halogenated alkanes) is 1. The number of aliphatic hydroxyl groups excluding tert-OH is 3. The lowest BCUT2D eigenvalue weighted by Gasteiger charge is -2.30. The molecule has 0 aromatic heterocycles. The average Bonchev–Trinajstić information content (AvgIpc) is 3.70. The molecule has 10 atom stereocenters. The molecule has 1 heterocycles. The maximum atomic E-state index is 13.8. The van der Waals surface area contributed by atoms with Crippen molar-refractivity contribution in [3.8, 4) is 0 Å². The number of thioether (sulfide) groups is 1. The van der Waals surface area contributed by atoms with Crippen LogP contribution in [0.1, 0.15) is 85.5 Å². The minimum atomic E-state index is -1.73. The number of amides is 8. The molecule has 1 aliphatic heterocycles. The number of hydrogen-bond acceptors (Lipinski definition) is 15. The Morgan fingerprint density at radius 2 is 1.21 bits per heavy atom. The van der Waals surface area contributed by atoms with Crippen molar-refractivity contribution in [3.05, 3.63) is 0 Å². The molecule has 16 N–H and O–H groups in total. The largest absolute Gasteiger partial charge is 0.480 e. The lowest BCUT2D eigenvalue weighted by molar-refractivity contribution is -0.149. The SMILES string of the molecule is CSCC[C@H](NC(=O)[C@H](CCCCN)NC(=O)[C@@H](N)CO)C(=O)N[C@H](C(=O)N[C@@H](CC(C)C)C(=O)N[C@H](C(=O)N[C@@H](CCC(N)=O)C(=O)N1CCC[C@H]1C(=O)O)[C@@H](C)O)[C@@H](C)O. The number of carbonyl (C=O) groups is 9. The van der Waals surface area contributed by atoms with Gasteiger partial charge in [0.1, 0.15) is 48.3 Å². The molecule has 354 valence electrons. The summed E-state index contributed by atoms with van der Waals surface area (Å²) in [7, 11) is 0. The Hall–Kier alpha value is -4.62. The summed E-state index contributed by atoms with van der Waals surface area (Å²) in [5.74, 6) is -8.27. The summed E-state index contributed by atoms with van der Waals surface area (Å²) in [5, 5.41) is 54.9. The Labute approximate surface area is 365 Å². The zero-order valence-corrected chi connectivity index (χ0v) is 36.9. The van der Waals surface area contributed by atoms with E-state index in [9.17, 15) is 63.6 Å². The maximum Gasteiger partial charge on any atom is 0.326 e. The molecule has 0 bridgehead atoms. The summed E-state index contributed by atoms with van der Waals surface area (Å²) in [6.07, 6.45) is -0.425. The molecule has 1 rings (SSSR count). The van der Waals surface area contributed by atoms with Gasteiger partial charge in [-0.05, 0) is 89.7 Å². The van der Waals surface area contributed by atoms with Gasteiger partial charge in [-0.25, -0.2) is 4.79 Å². The molecule has 62 heavy (non-hydrogen) atoms. The zero-order valence-electron chi connectivity index (χ0n) is 36.1. The Bertz CT molecular complexity index is 1540. The summed E-state index contributed by atoms with van der Waals surface area (Å²) in [4.78, 5) is 119. The zero-order chi connectivity index (χ0) is 47.3. The number of carbonyl (C=O) groups excluding carboxylic acids is 8. The number of rotatable bonds is 29. The van der Waals surface area contributed by atoms with Crippen molar-refractivity contribution in [2.75, 3.05) is 31.7 Å². The number of nitrogens with zero attached hydrogens (tertiary/aromatic N) is 1. The van der Waals surface area contributed by atoms with Gasteiger partial charge in [0.05, 0.1) is 18.8 Å². The smallest absolute Gasteiger partial charge is 0.326 e. The van der Waals surface area contributed by atoms with Gasteiger partial charge in [0.25, 0.3) is 0 Å². The van der Waals surface area contributed by atoms with Crippen LogP contribution in [0.15, 0.2) is 0 Å². The fraction of sp³-hybridized carbons (Fsp3) is 0.763. The third-order valence-electron chi connectivity index (χ3n) is 9.94. The van der Waals surface area contributed by atoms with Gasteiger partial charge in [-0.15, -0.1) is 0 Å². The van der Waals surface area contributed by atoms with Crippen molar-refractivity contribution in [2.45, 2.75) is 146 Å². The molecule has 0 aromatic carbocycles. The predicted molar refractivity (Wildman–Crippen MR) is 226 cm³/mol. The van der Waals surface area contributed by atoms with Crippen LogP contribution in [0.3, 0.4) is 0 Å². The lowest BCUT2D eigenvalue weighted by atomic mass is 10.0. The fourth-order valence-electron chi connectivity index (χ4n) is 6.48. The second-order valence-electron chi connectivity index (χ2n) is 15.7. The summed E-state index contributed by atoms with van der Waals surface area (Å²) in [6, 6.07) is -11.2. The van der Waals surface area contributed by atoms with E-state index in [1.807, 2.05) is 0 Å². The number of nitrogens with one attached hydrogen (secondary N) is 6. The number of carboxylic acids is 1. The van der Waals surface area contributed by atoms with Crippen LogP contribution >= 0.6 is 11.8 Å². The Kier molecular flexibility index (Phi) is 25.1. The van der Waals surface area contributed by atoms with E-state index in [2.05, 4.69) is 31.9 Å². The van der Waals surface area contributed by atoms with Crippen molar-refractivity contribution in [3.63, 3.8) is 0 Å². The first-order valence-corrected chi connectivity index (χ1v) is 22.0. The number of carboxylic acid groups (broad SMARTS) is 1. The summed E-state index contributed by atoms with van der Waals surface area (Å²) < 4.78 is 0. The van der Waals surface area contributed by atoms with E-state index >= 15 is 0 Å². The highest BCUT2D eigenvalue weighted by molar-refractivity contribution is 7.98. The Balaban J connectivity index is 3.30. The Morgan fingerprint density at radius 1 is 0.710 bits per heavy atom. The summed E-state index contributed by atoms with van der Waals surface area (Å²) in [5.41, 5.74) is 16.5. The molecule has 1 saturated heterocycles. The van der Waals surface area contributed by atoms with Crippen LogP contribution in [0.5, 0.6) is 0 Å². The van der Waals surface area contributed by atoms with Crippen LogP contribution in [0, 0.1) is 5.92 Å².